The summed E-state index contributed by atoms with van der Waals surface area (Å²) in [4.78, 5) is 2.77. The fraction of sp³-hybridized carbons (Fsp3) is 0.200. The number of imidazole rings is 1. The molecule has 4 aliphatic rings. The van der Waals surface area contributed by atoms with Gasteiger partial charge in [-0.15, -0.1) is 0 Å². The van der Waals surface area contributed by atoms with Gasteiger partial charge in [0.25, 0.3) is 0 Å². The second kappa shape index (κ2) is 7.19. The van der Waals surface area contributed by atoms with E-state index in [2.05, 4.69) is 111 Å². The molecule has 0 saturated heterocycles. The first-order valence-electron chi connectivity index (χ1n) is 14.3. The van der Waals surface area contributed by atoms with Crippen molar-refractivity contribution in [3.05, 3.63) is 114 Å². The van der Waals surface area contributed by atoms with Crippen molar-refractivity contribution < 1.29 is 9.13 Å². The molecule has 6 aromatic rings. The van der Waals surface area contributed by atoms with Gasteiger partial charge in [-0.05, 0) is 66.8 Å². The lowest BCUT2D eigenvalue weighted by molar-refractivity contribution is -0.733. The Bertz CT molecular complexity index is 2000. The molecule has 1 unspecified atom stereocenters. The molecule has 3 aliphatic heterocycles. The van der Waals surface area contributed by atoms with Crippen molar-refractivity contribution in [2.45, 2.75) is 53.5 Å². The smallest absolute Gasteiger partial charge is 0.217 e. The van der Waals surface area contributed by atoms with E-state index in [0.717, 1.165) is 0 Å². The second-order valence-corrected chi connectivity index (χ2v) is 12.6. The van der Waals surface area contributed by atoms with Gasteiger partial charge in [0.15, 0.2) is 22.9 Å². The van der Waals surface area contributed by atoms with E-state index in [0.29, 0.717) is 6.04 Å². The van der Waals surface area contributed by atoms with E-state index in [9.17, 15) is 0 Å². The molecule has 1 saturated carbocycles. The minimum Gasteiger partial charge on any atom is -0.217 e. The van der Waals surface area contributed by atoms with Crippen LogP contribution in [0.3, 0.4) is 0 Å². The molecule has 1 atom stereocenters. The maximum atomic E-state index is 2.80. The van der Waals surface area contributed by atoms with Crippen molar-refractivity contribution in [1.29, 1.82) is 0 Å². The Kier molecular flexibility index (Phi) is 3.87. The van der Waals surface area contributed by atoms with E-state index in [1.165, 1.54) is 97.6 Å². The summed E-state index contributed by atoms with van der Waals surface area (Å²) in [6, 6.07) is 34.9. The first kappa shape index (κ1) is 21.0. The van der Waals surface area contributed by atoms with Gasteiger partial charge in [-0.3, -0.25) is 0 Å². The van der Waals surface area contributed by atoms with E-state index < -0.39 is 5.54 Å². The second-order valence-electron chi connectivity index (χ2n) is 11.6. The molecule has 39 heavy (non-hydrogen) atoms. The van der Waals surface area contributed by atoms with Crippen LogP contribution in [0.15, 0.2) is 107 Å². The van der Waals surface area contributed by atoms with Crippen molar-refractivity contribution in [3.63, 3.8) is 0 Å². The Labute approximate surface area is 231 Å². The van der Waals surface area contributed by atoms with Gasteiger partial charge in [-0.1, -0.05) is 66.7 Å². The molecule has 0 amide bonds. The molecule has 0 N–H and O–H groups in total. The summed E-state index contributed by atoms with van der Waals surface area (Å²) < 4.78 is 8.09. The van der Waals surface area contributed by atoms with Crippen LogP contribution < -0.4 is 9.13 Å². The lowest BCUT2D eigenvalue weighted by atomic mass is 9.81. The van der Waals surface area contributed by atoms with Gasteiger partial charge >= 0.3 is 11.4 Å². The van der Waals surface area contributed by atoms with Crippen LogP contribution in [0.2, 0.25) is 0 Å². The first-order chi connectivity index (χ1) is 19.4. The monoisotopic (exact) mass is 521 g/mol. The summed E-state index contributed by atoms with van der Waals surface area (Å²) in [5, 5.41) is 2.68. The van der Waals surface area contributed by atoms with Crippen molar-refractivity contribution >= 4 is 33.6 Å². The number of aromatic nitrogens is 3. The van der Waals surface area contributed by atoms with E-state index in [-0.39, 0.29) is 0 Å². The number of benzene rings is 4. The van der Waals surface area contributed by atoms with Crippen LogP contribution >= 0.6 is 11.8 Å². The Morgan fingerprint density at radius 3 is 2.59 bits per heavy atom. The maximum Gasteiger partial charge on any atom is 0.347 e. The van der Waals surface area contributed by atoms with E-state index >= 15 is 0 Å². The molecule has 1 aliphatic carbocycles. The third kappa shape index (κ3) is 2.32. The quantitative estimate of drug-likeness (QED) is 0.204. The third-order valence-electron chi connectivity index (χ3n) is 9.78. The number of pyridine rings is 1. The van der Waals surface area contributed by atoms with E-state index in [1.54, 1.807) is 0 Å². The van der Waals surface area contributed by atoms with Gasteiger partial charge < -0.3 is 0 Å². The minimum absolute atomic E-state index is 0.417. The fourth-order valence-corrected chi connectivity index (χ4v) is 9.60. The average molecular weight is 522 g/mol. The fourth-order valence-electron chi connectivity index (χ4n) is 8.35. The SMILES string of the molecule is c1ccc2c(c1)-c1cccc[n+]1C21c2cc3ccccc3c3c2-[n+]2c1n(C1CCCCC1)c1cccc(c12)S3. The standard InChI is InChI=1S/C35H27N3S/c1-2-12-23(13-3-1)37-29-18-10-19-30-32(29)38-31-27(21-22-11-4-5-14-24(22)33(31)39-30)35(34(37)38)26-16-7-6-15-25(26)28-17-8-9-20-36(28)35/h4-11,14-21,23H,1-3,12-13H2/q+2. The van der Waals surface area contributed by atoms with Gasteiger partial charge in [-0.2, -0.15) is 9.13 Å². The van der Waals surface area contributed by atoms with Crippen molar-refractivity contribution in [1.82, 2.24) is 4.57 Å². The molecular formula is C35H27N3S+2. The number of hydrogen-bond acceptors (Lipinski definition) is 1. The minimum atomic E-state index is -0.417. The van der Waals surface area contributed by atoms with Crippen LogP contribution in [0, 0.1) is 0 Å². The Balaban J connectivity index is 1.49. The number of nitrogens with zero attached hydrogens (tertiary/aromatic N) is 3. The molecule has 10 rings (SSSR count). The molecule has 4 heteroatoms. The molecule has 5 heterocycles. The number of para-hydroxylation sites is 1. The van der Waals surface area contributed by atoms with E-state index in [1.807, 2.05) is 11.8 Å². The normalized spacial score (nSPS) is 20.2. The molecule has 2 aromatic heterocycles. The topological polar surface area (TPSA) is 12.7 Å². The Morgan fingerprint density at radius 1 is 0.795 bits per heavy atom. The third-order valence-corrected chi connectivity index (χ3v) is 10.9. The molecule has 0 radical (unpaired) electrons. The summed E-state index contributed by atoms with van der Waals surface area (Å²) in [5.74, 6) is 1.42. The molecular weight excluding hydrogens is 494 g/mol. The number of rotatable bonds is 1. The van der Waals surface area contributed by atoms with E-state index in [4.69, 9.17) is 0 Å². The zero-order chi connectivity index (χ0) is 25.3. The van der Waals surface area contributed by atoms with Gasteiger partial charge in [-0.25, -0.2) is 4.57 Å². The van der Waals surface area contributed by atoms with Crippen LogP contribution in [0.25, 0.3) is 38.8 Å². The highest BCUT2D eigenvalue weighted by Gasteiger charge is 2.69. The lowest BCUT2D eigenvalue weighted by Gasteiger charge is -2.25. The molecule has 3 nitrogen and oxygen atoms in total. The van der Waals surface area contributed by atoms with Crippen molar-refractivity contribution in [2.24, 2.45) is 0 Å². The lowest BCUT2D eigenvalue weighted by Crippen LogP contribution is -2.58. The number of hydrogen-bond donors (Lipinski definition) is 0. The van der Waals surface area contributed by atoms with Crippen LogP contribution in [0.4, 0.5) is 0 Å². The molecule has 1 spiro atoms. The summed E-state index contributed by atoms with van der Waals surface area (Å²) in [7, 11) is 0. The van der Waals surface area contributed by atoms with Crippen LogP contribution in [-0.4, -0.2) is 4.57 Å². The summed E-state index contributed by atoms with van der Waals surface area (Å²) >= 11 is 1.97. The highest BCUT2D eigenvalue weighted by atomic mass is 32.2. The number of fused-ring (bicyclic) bond motifs is 9. The van der Waals surface area contributed by atoms with Crippen molar-refractivity contribution in [3.8, 4) is 16.9 Å². The van der Waals surface area contributed by atoms with Crippen LogP contribution in [0.1, 0.15) is 55.1 Å². The largest absolute Gasteiger partial charge is 0.347 e. The summed E-state index contributed by atoms with van der Waals surface area (Å²) in [6.45, 7) is 0. The molecule has 186 valence electrons. The predicted molar refractivity (Wildman–Crippen MR) is 155 cm³/mol. The molecule has 4 aromatic carbocycles. The van der Waals surface area contributed by atoms with Gasteiger partial charge in [0.2, 0.25) is 5.69 Å². The van der Waals surface area contributed by atoms with Crippen molar-refractivity contribution in [2.75, 3.05) is 0 Å². The average Bonchev–Trinajstić information content (AvgIpc) is 3.60. The van der Waals surface area contributed by atoms with Gasteiger partial charge in [0, 0.05) is 12.1 Å². The predicted octanol–water partition coefficient (Wildman–Crippen LogP) is 7.46. The summed E-state index contributed by atoms with van der Waals surface area (Å²) in [6.07, 6.45) is 8.82. The Hall–Kier alpha value is -3.89. The first-order valence-corrected chi connectivity index (χ1v) is 15.1. The Morgan fingerprint density at radius 2 is 1.64 bits per heavy atom. The molecule has 1 fully saturated rings. The van der Waals surface area contributed by atoms with Gasteiger partial charge in [0.1, 0.15) is 6.04 Å². The van der Waals surface area contributed by atoms with Crippen LogP contribution in [-0.2, 0) is 5.54 Å². The summed E-state index contributed by atoms with van der Waals surface area (Å²) in [5.41, 5.74) is 9.24. The highest BCUT2D eigenvalue weighted by Crippen LogP contribution is 2.57. The highest BCUT2D eigenvalue weighted by molar-refractivity contribution is 8.00. The maximum absolute atomic E-state index is 2.80. The zero-order valence-corrected chi connectivity index (χ0v) is 22.4. The van der Waals surface area contributed by atoms with Gasteiger partial charge in [0.05, 0.1) is 26.5 Å². The van der Waals surface area contributed by atoms with Crippen LogP contribution in [0.5, 0.6) is 0 Å². The molecule has 0 bridgehead atoms. The zero-order valence-electron chi connectivity index (χ0n) is 21.6.